The lowest BCUT2D eigenvalue weighted by atomic mass is 9.90. The Labute approximate surface area is 137 Å². The van der Waals surface area contributed by atoms with Crippen molar-refractivity contribution < 1.29 is 4.79 Å². The Kier molecular flexibility index (Phi) is 4.74. The van der Waals surface area contributed by atoms with Gasteiger partial charge >= 0.3 is 0 Å². The van der Waals surface area contributed by atoms with E-state index in [4.69, 9.17) is 0 Å². The molecule has 1 amide bonds. The van der Waals surface area contributed by atoms with E-state index in [9.17, 15) is 4.79 Å². The molecule has 0 aromatic carbocycles. The van der Waals surface area contributed by atoms with Crippen LogP contribution in [0.2, 0.25) is 0 Å². The Bertz CT molecular complexity index is 637. The predicted octanol–water partition coefficient (Wildman–Crippen LogP) is 2.45. The van der Waals surface area contributed by atoms with Gasteiger partial charge in [-0.2, -0.15) is 5.10 Å². The number of amides is 1. The summed E-state index contributed by atoms with van der Waals surface area (Å²) in [5.74, 6) is 0.888. The number of nitrogens with one attached hydrogen (secondary N) is 1. The number of aryl methyl sites for hydroxylation is 2. The van der Waals surface area contributed by atoms with Crippen LogP contribution in [0.5, 0.6) is 0 Å². The van der Waals surface area contributed by atoms with Crippen molar-refractivity contribution in [2.75, 3.05) is 13.1 Å². The molecule has 0 spiro atoms. The largest absolute Gasteiger partial charge is 0.342 e. The molecule has 2 aromatic rings. The molecule has 1 saturated heterocycles. The maximum absolute atomic E-state index is 12.5. The van der Waals surface area contributed by atoms with Crippen LogP contribution in [0.4, 0.5) is 0 Å². The van der Waals surface area contributed by atoms with Crippen LogP contribution in [0, 0.1) is 19.8 Å². The van der Waals surface area contributed by atoms with Crippen molar-refractivity contribution in [2.45, 2.75) is 39.5 Å². The van der Waals surface area contributed by atoms with Gasteiger partial charge in [0.1, 0.15) is 0 Å². The van der Waals surface area contributed by atoms with Crippen molar-refractivity contribution in [1.82, 2.24) is 20.1 Å². The number of nitrogens with zero attached hydrogens (tertiary/aromatic N) is 3. The molecule has 3 rings (SSSR count). The van der Waals surface area contributed by atoms with Gasteiger partial charge in [-0.1, -0.05) is 0 Å². The number of hydrogen-bond donors (Lipinski definition) is 1. The SMILES string of the molecule is Cc1n[nH]c(C)c1CC(=O)N1CCC(Cc2ccncc2)CC1. The van der Waals surface area contributed by atoms with Gasteiger partial charge in [-0.05, 0) is 56.7 Å². The highest BCUT2D eigenvalue weighted by molar-refractivity contribution is 5.79. The lowest BCUT2D eigenvalue weighted by Crippen LogP contribution is -2.39. The zero-order valence-corrected chi connectivity index (χ0v) is 13.9. The minimum atomic E-state index is 0.222. The maximum Gasteiger partial charge on any atom is 0.227 e. The third-order valence-electron chi connectivity index (χ3n) is 4.85. The third kappa shape index (κ3) is 3.78. The van der Waals surface area contributed by atoms with Crippen LogP contribution in [0.15, 0.2) is 24.5 Å². The molecule has 23 heavy (non-hydrogen) atoms. The Morgan fingerprint density at radius 2 is 1.96 bits per heavy atom. The van der Waals surface area contributed by atoms with Crippen LogP contribution in [0.3, 0.4) is 0 Å². The predicted molar refractivity (Wildman–Crippen MR) is 89.0 cm³/mol. The third-order valence-corrected chi connectivity index (χ3v) is 4.85. The number of carbonyl (C=O) groups excluding carboxylic acids is 1. The highest BCUT2D eigenvalue weighted by Crippen LogP contribution is 2.22. The number of hydrogen-bond acceptors (Lipinski definition) is 3. The first-order valence-electron chi connectivity index (χ1n) is 8.30. The summed E-state index contributed by atoms with van der Waals surface area (Å²) in [4.78, 5) is 18.6. The minimum absolute atomic E-state index is 0.222. The van der Waals surface area contributed by atoms with Crippen molar-refractivity contribution in [3.05, 3.63) is 47.0 Å². The van der Waals surface area contributed by atoms with E-state index in [2.05, 4.69) is 27.3 Å². The first-order valence-corrected chi connectivity index (χ1v) is 8.30. The number of pyridine rings is 1. The molecule has 3 heterocycles. The summed E-state index contributed by atoms with van der Waals surface area (Å²) >= 11 is 0. The standard InChI is InChI=1S/C18H24N4O/c1-13-17(14(2)21-20-13)12-18(23)22-9-5-16(6-10-22)11-15-3-7-19-8-4-15/h3-4,7-8,16H,5-6,9-12H2,1-2H3,(H,20,21). The summed E-state index contributed by atoms with van der Waals surface area (Å²) in [7, 11) is 0. The number of carbonyl (C=O) groups is 1. The summed E-state index contributed by atoms with van der Waals surface area (Å²) < 4.78 is 0. The molecule has 0 unspecified atom stereocenters. The van der Waals surface area contributed by atoms with E-state index in [1.165, 1.54) is 5.56 Å². The van der Waals surface area contributed by atoms with Crippen LogP contribution >= 0.6 is 0 Å². The van der Waals surface area contributed by atoms with Crippen LogP contribution < -0.4 is 0 Å². The van der Waals surface area contributed by atoms with Crippen LogP contribution in [-0.2, 0) is 17.6 Å². The highest BCUT2D eigenvalue weighted by atomic mass is 16.2. The minimum Gasteiger partial charge on any atom is -0.342 e. The molecular weight excluding hydrogens is 288 g/mol. The fourth-order valence-corrected chi connectivity index (χ4v) is 3.34. The second kappa shape index (κ2) is 6.94. The molecule has 0 aliphatic carbocycles. The van der Waals surface area contributed by atoms with E-state index in [0.29, 0.717) is 12.3 Å². The van der Waals surface area contributed by atoms with Gasteiger partial charge in [0, 0.05) is 36.7 Å². The van der Waals surface area contributed by atoms with Crippen molar-refractivity contribution in [3.8, 4) is 0 Å². The Balaban J connectivity index is 1.51. The Morgan fingerprint density at radius 3 is 2.57 bits per heavy atom. The summed E-state index contributed by atoms with van der Waals surface area (Å²) in [6, 6.07) is 4.17. The van der Waals surface area contributed by atoms with E-state index < -0.39 is 0 Å². The topological polar surface area (TPSA) is 61.9 Å². The summed E-state index contributed by atoms with van der Waals surface area (Å²) in [5.41, 5.74) is 4.33. The van der Waals surface area contributed by atoms with Gasteiger partial charge < -0.3 is 4.90 Å². The molecule has 0 radical (unpaired) electrons. The summed E-state index contributed by atoms with van der Waals surface area (Å²) in [6.07, 6.45) is 7.41. The maximum atomic E-state index is 12.5. The molecule has 122 valence electrons. The molecule has 5 nitrogen and oxygen atoms in total. The average Bonchev–Trinajstić information content (AvgIpc) is 2.88. The van der Waals surface area contributed by atoms with Gasteiger partial charge in [0.25, 0.3) is 0 Å². The van der Waals surface area contributed by atoms with E-state index in [1.54, 1.807) is 0 Å². The molecule has 0 saturated carbocycles. The lowest BCUT2D eigenvalue weighted by Gasteiger charge is -2.32. The molecular formula is C18H24N4O. The fraction of sp³-hybridized carbons (Fsp3) is 0.500. The monoisotopic (exact) mass is 312 g/mol. The van der Waals surface area contributed by atoms with E-state index >= 15 is 0 Å². The van der Waals surface area contributed by atoms with Crippen molar-refractivity contribution in [1.29, 1.82) is 0 Å². The van der Waals surface area contributed by atoms with Gasteiger partial charge in [0.2, 0.25) is 5.91 Å². The zero-order chi connectivity index (χ0) is 16.2. The smallest absolute Gasteiger partial charge is 0.227 e. The molecule has 1 aliphatic rings. The fourth-order valence-electron chi connectivity index (χ4n) is 3.34. The van der Waals surface area contributed by atoms with E-state index in [0.717, 1.165) is 49.3 Å². The first-order chi connectivity index (χ1) is 11.1. The number of piperidine rings is 1. The lowest BCUT2D eigenvalue weighted by molar-refractivity contribution is -0.131. The number of aromatic amines is 1. The summed E-state index contributed by atoms with van der Waals surface area (Å²) in [6.45, 7) is 5.66. The quantitative estimate of drug-likeness (QED) is 0.943. The van der Waals surface area contributed by atoms with Crippen molar-refractivity contribution >= 4 is 5.91 Å². The number of aromatic nitrogens is 3. The number of H-pyrrole nitrogens is 1. The molecule has 0 atom stereocenters. The zero-order valence-electron chi connectivity index (χ0n) is 13.9. The molecule has 1 aliphatic heterocycles. The van der Waals surface area contributed by atoms with Gasteiger partial charge in [0.05, 0.1) is 12.1 Å². The Morgan fingerprint density at radius 1 is 1.26 bits per heavy atom. The van der Waals surface area contributed by atoms with Crippen LogP contribution in [-0.4, -0.2) is 39.1 Å². The van der Waals surface area contributed by atoms with Gasteiger partial charge in [-0.25, -0.2) is 0 Å². The van der Waals surface area contributed by atoms with E-state index in [-0.39, 0.29) is 5.91 Å². The normalized spacial score (nSPS) is 15.8. The van der Waals surface area contributed by atoms with Crippen LogP contribution in [0.25, 0.3) is 0 Å². The van der Waals surface area contributed by atoms with Crippen molar-refractivity contribution in [3.63, 3.8) is 0 Å². The number of likely N-dealkylation sites (tertiary alicyclic amines) is 1. The summed E-state index contributed by atoms with van der Waals surface area (Å²) in [5, 5.41) is 7.13. The van der Waals surface area contributed by atoms with E-state index in [1.807, 2.05) is 31.1 Å². The molecule has 0 bridgehead atoms. The van der Waals surface area contributed by atoms with Crippen LogP contribution in [0.1, 0.15) is 35.4 Å². The number of rotatable bonds is 4. The second-order valence-corrected chi connectivity index (χ2v) is 6.47. The Hall–Kier alpha value is -2.17. The molecule has 1 N–H and O–H groups in total. The first kappa shape index (κ1) is 15.7. The van der Waals surface area contributed by atoms with Crippen molar-refractivity contribution in [2.24, 2.45) is 5.92 Å². The molecule has 2 aromatic heterocycles. The molecule has 5 heteroatoms. The molecule has 1 fully saturated rings. The average molecular weight is 312 g/mol. The van der Waals surface area contributed by atoms with Gasteiger partial charge in [-0.15, -0.1) is 0 Å². The van der Waals surface area contributed by atoms with Gasteiger partial charge in [0.15, 0.2) is 0 Å². The second-order valence-electron chi connectivity index (χ2n) is 6.47. The highest BCUT2D eigenvalue weighted by Gasteiger charge is 2.24. The van der Waals surface area contributed by atoms with Gasteiger partial charge in [-0.3, -0.25) is 14.9 Å².